The van der Waals surface area contributed by atoms with Gasteiger partial charge in [-0.3, -0.25) is 4.79 Å². The maximum atomic E-state index is 12.3. The molecule has 0 fully saturated rings. The second-order valence-corrected chi connectivity index (χ2v) is 7.54. The molecule has 2 aromatic carbocycles. The van der Waals surface area contributed by atoms with Crippen molar-refractivity contribution in [3.8, 4) is 17.1 Å². The molecule has 0 unspecified atom stereocenters. The van der Waals surface area contributed by atoms with Gasteiger partial charge in [-0.15, -0.1) is 10.2 Å². The fourth-order valence-corrected chi connectivity index (χ4v) is 3.77. The maximum absolute atomic E-state index is 12.3. The zero-order valence-corrected chi connectivity index (χ0v) is 17.4. The van der Waals surface area contributed by atoms with Crippen LogP contribution in [0.4, 0.5) is 0 Å². The van der Waals surface area contributed by atoms with Crippen molar-refractivity contribution in [3.63, 3.8) is 0 Å². The average Bonchev–Trinajstić information content (AvgIpc) is 3.07. The van der Waals surface area contributed by atoms with Gasteiger partial charge in [0.25, 0.3) is 0 Å². The van der Waals surface area contributed by atoms with Crippen LogP contribution in [-0.2, 0) is 11.8 Å². The van der Waals surface area contributed by atoms with Crippen LogP contribution in [0, 0.1) is 0 Å². The van der Waals surface area contributed by atoms with Crippen LogP contribution in [0.1, 0.15) is 18.5 Å². The van der Waals surface area contributed by atoms with Gasteiger partial charge in [-0.2, -0.15) is 0 Å². The summed E-state index contributed by atoms with van der Waals surface area (Å²) in [6.45, 7) is 1.91. The van der Waals surface area contributed by atoms with Crippen molar-refractivity contribution >= 4 is 29.3 Å². The number of nitrogens with zero attached hydrogens (tertiary/aromatic N) is 3. The Kier molecular flexibility index (Phi) is 6.59. The van der Waals surface area contributed by atoms with E-state index in [-0.39, 0.29) is 17.7 Å². The molecule has 3 aromatic rings. The zero-order chi connectivity index (χ0) is 20.1. The lowest BCUT2D eigenvalue weighted by molar-refractivity contribution is -0.119. The lowest BCUT2D eigenvalue weighted by Gasteiger charge is -2.15. The fraction of sp³-hybridized carbons (Fsp3) is 0.250. The molecule has 6 nitrogen and oxygen atoms in total. The Morgan fingerprint density at radius 1 is 1.21 bits per heavy atom. The Morgan fingerprint density at radius 2 is 1.93 bits per heavy atom. The van der Waals surface area contributed by atoms with E-state index in [2.05, 4.69) is 15.5 Å². The highest BCUT2D eigenvalue weighted by molar-refractivity contribution is 7.99. The third-order valence-corrected chi connectivity index (χ3v) is 5.63. The van der Waals surface area contributed by atoms with Gasteiger partial charge in [-0.25, -0.2) is 0 Å². The summed E-state index contributed by atoms with van der Waals surface area (Å²) in [6.07, 6.45) is 0. The monoisotopic (exact) mass is 416 g/mol. The molecule has 28 heavy (non-hydrogen) atoms. The number of aromatic nitrogens is 3. The first-order chi connectivity index (χ1) is 13.5. The number of hydrogen-bond donors (Lipinski definition) is 1. The van der Waals surface area contributed by atoms with Crippen LogP contribution in [-0.4, -0.2) is 33.5 Å². The molecular formula is C20H21ClN4O2S. The van der Waals surface area contributed by atoms with Gasteiger partial charge in [0.1, 0.15) is 5.75 Å². The van der Waals surface area contributed by atoms with Gasteiger partial charge in [0, 0.05) is 17.6 Å². The number of hydrogen-bond acceptors (Lipinski definition) is 5. The second-order valence-electron chi connectivity index (χ2n) is 6.19. The molecule has 3 rings (SSSR count). The van der Waals surface area contributed by atoms with Crippen LogP contribution in [0.3, 0.4) is 0 Å². The minimum absolute atomic E-state index is 0.0913. The first-order valence-corrected chi connectivity index (χ1v) is 10.1. The van der Waals surface area contributed by atoms with Crippen LogP contribution in [0.25, 0.3) is 11.4 Å². The van der Waals surface area contributed by atoms with E-state index in [1.807, 2.05) is 67.1 Å². The number of halogens is 1. The number of methoxy groups -OCH3 is 1. The molecule has 0 saturated carbocycles. The largest absolute Gasteiger partial charge is 0.497 e. The number of rotatable bonds is 7. The lowest BCUT2D eigenvalue weighted by atomic mass is 10.1. The summed E-state index contributed by atoms with van der Waals surface area (Å²) in [5.74, 6) is 1.66. The number of nitrogens with one attached hydrogen (secondary N) is 1. The van der Waals surface area contributed by atoms with Crippen LogP contribution in [0.5, 0.6) is 5.75 Å². The normalized spacial score (nSPS) is 11.9. The molecule has 1 aromatic heterocycles. The molecule has 0 spiro atoms. The second kappa shape index (κ2) is 9.12. The standard InChI is InChI=1S/C20H21ClN4O2S/c1-13(16-6-4-5-7-17(16)21)22-18(26)12-28-20-24-23-19(25(20)2)14-8-10-15(27-3)11-9-14/h4-11,13H,12H2,1-3H3,(H,22,26)/t13-/m1/s1. The molecule has 1 atom stereocenters. The summed E-state index contributed by atoms with van der Waals surface area (Å²) in [4.78, 5) is 12.3. The number of amides is 1. The summed E-state index contributed by atoms with van der Waals surface area (Å²) in [5, 5.41) is 12.7. The summed E-state index contributed by atoms with van der Waals surface area (Å²) in [6, 6.07) is 14.9. The first kappa shape index (κ1) is 20.2. The highest BCUT2D eigenvalue weighted by atomic mass is 35.5. The van der Waals surface area contributed by atoms with Crippen LogP contribution in [0.15, 0.2) is 53.7 Å². The van der Waals surface area contributed by atoms with Gasteiger partial charge in [-0.1, -0.05) is 41.6 Å². The molecule has 0 saturated heterocycles. The van der Waals surface area contributed by atoms with E-state index >= 15 is 0 Å². The number of thioether (sulfide) groups is 1. The van der Waals surface area contributed by atoms with E-state index in [1.54, 1.807) is 7.11 Å². The molecule has 1 heterocycles. The molecule has 0 bridgehead atoms. The van der Waals surface area contributed by atoms with Crippen LogP contribution < -0.4 is 10.1 Å². The quantitative estimate of drug-likeness (QED) is 0.587. The van der Waals surface area contributed by atoms with Crippen molar-refractivity contribution < 1.29 is 9.53 Å². The Hall–Kier alpha value is -2.51. The van der Waals surface area contributed by atoms with Crippen LogP contribution >= 0.6 is 23.4 Å². The van der Waals surface area contributed by atoms with Crippen molar-refractivity contribution in [3.05, 3.63) is 59.1 Å². The zero-order valence-electron chi connectivity index (χ0n) is 15.8. The summed E-state index contributed by atoms with van der Waals surface area (Å²) < 4.78 is 7.05. The SMILES string of the molecule is COc1ccc(-c2nnc(SCC(=O)N[C@H](C)c3ccccc3Cl)n2C)cc1. The lowest BCUT2D eigenvalue weighted by Crippen LogP contribution is -2.28. The smallest absolute Gasteiger partial charge is 0.230 e. The average molecular weight is 417 g/mol. The minimum Gasteiger partial charge on any atom is -0.497 e. The Balaban J connectivity index is 1.61. The molecule has 0 radical (unpaired) electrons. The van der Waals surface area contributed by atoms with Crippen molar-refractivity contribution in [2.24, 2.45) is 7.05 Å². The van der Waals surface area contributed by atoms with Crippen molar-refractivity contribution in [2.45, 2.75) is 18.1 Å². The van der Waals surface area contributed by atoms with Crippen molar-refractivity contribution in [2.75, 3.05) is 12.9 Å². The van der Waals surface area contributed by atoms with Gasteiger partial charge in [-0.05, 0) is 42.8 Å². The summed E-state index contributed by atoms with van der Waals surface area (Å²) >= 11 is 7.53. The van der Waals surface area contributed by atoms with Gasteiger partial charge >= 0.3 is 0 Å². The Labute approximate surface area is 173 Å². The molecule has 1 amide bonds. The Bertz CT molecular complexity index is 959. The number of benzene rings is 2. The third-order valence-electron chi connectivity index (χ3n) is 4.26. The van der Waals surface area contributed by atoms with E-state index in [1.165, 1.54) is 11.8 Å². The third kappa shape index (κ3) is 4.66. The first-order valence-electron chi connectivity index (χ1n) is 8.70. The van der Waals surface area contributed by atoms with Gasteiger partial charge in [0.15, 0.2) is 11.0 Å². The van der Waals surface area contributed by atoms with Crippen LogP contribution in [0.2, 0.25) is 5.02 Å². The van der Waals surface area contributed by atoms with Gasteiger partial charge in [0.05, 0.1) is 18.9 Å². The molecule has 0 aliphatic heterocycles. The molecule has 0 aliphatic rings. The van der Waals surface area contributed by atoms with E-state index in [0.29, 0.717) is 10.2 Å². The summed E-state index contributed by atoms with van der Waals surface area (Å²) in [5.41, 5.74) is 1.82. The summed E-state index contributed by atoms with van der Waals surface area (Å²) in [7, 11) is 3.51. The van der Waals surface area contributed by atoms with Gasteiger partial charge in [0.2, 0.25) is 5.91 Å². The van der Waals surface area contributed by atoms with Crippen molar-refractivity contribution in [1.29, 1.82) is 0 Å². The Morgan fingerprint density at radius 3 is 2.61 bits per heavy atom. The molecule has 1 N–H and O–H groups in total. The predicted molar refractivity (Wildman–Crippen MR) is 112 cm³/mol. The maximum Gasteiger partial charge on any atom is 0.230 e. The predicted octanol–water partition coefficient (Wildman–Crippen LogP) is 4.11. The van der Waals surface area contributed by atoms with E-state index in [0.717, 1.165) is 22.7 Å². The highest BCUT2D eigenvalue weighted by Gasteiger charge is 2.15. The van der Waals surface area contributed by atoms with E-state index in [9.17, 15) is 4.79 Å². The highest BCUT2D eigenvalue weighted by Crippen LogP contribution is 2.25. The molecule has 0 aliphatic carbocycles. The number of ether oxygens (including phenoxy) is 1. The molecule has 8 heteroatoms. The van der Waals surface area contributed by atoms with E-state index < -0.39 is 0 Å². The van der Waals surface area contributed by atoms with Crippen molar-refractivity contribution in [1.82, 2.24) is 20.1 Å². The minimum atomic E-state index is -0.170. The topological polar surface area (TPSA) is 69.0 Å². The van der Waals surface area contributed by atoms with Gasteiger partial charge < -0.3 is 14.6 Å². The number of carbonyl (C=O) groups is 1. The fourth-order valence-electron chi connectivity index (χ4n) is 2.75. The van der Waals surface area contributed by atoms with E-state index in [4.69, 9.17) is 16.3 Å². The number of carbonyl (C=O) groups excluding carboxylic acids is 1. The molecule has 146 valence electrons. The molecular weight excluding hydrogens is 396 g/mol.